The van der Waals surface area contributed by atoms with Crippen LogP contribution < -0.4 is 10.2 Å². The number of thiophene rings is 1. The van der Waals surface area contributed by atoms with Crippen molar-refractivity contribution in [2.45, 2.75) is 32.3 Å². The Hall–Kier alpha value is -3.78. The zero-order chi connectivity index (χ0) is 25.8. The lowest BCUT2D eigenvalue weighted by Crippen LogP contribution is -2.33. The molecule has 8 heteroatoms. The smallest absolute Gasteiger partial charge is 0.414 e. The summed E-state index contributed by atoms with van der Waals surface area (Å²) in [4.78, 5) is 30.6. The number of rotatable bonds is 9. The van der Waals surface area contributed by atoms with Crippen LogP contribution in [0.4, 0.5) is 14.9 Å². The number of anilines is 1. The van der Waals surface area contributed by atoms with Crippen molar-refractivity contribution < 1.29 is 18.7 Å². The molecule has 1 atom stereocenters. The van der Waals surface area contributed by atoms with Crippen molar-refractivity contribution in [1.82, 2.24) is 5.32 Å². The molecule has 1 saturated heterocycles. The Morgan fingerprint density at radius 1 is 1.19 bits per heavy atom. The highest BCUT2D eigenvalue weighted by Gasteiger charge is 2.32. The first-order valence-corrected chi connectivity index (χ1v) is 13.2. The molecule has 0 aliphatic carbocycles. The highest BCUT2D eigenvalue weighted by atomic mass is 32.1. The first kappa shape index (κ1) is 24.9. The van der Waals surface area contributed by atoms with E-state index in [1.165, 1.54) is 33.9 Å². The number of nitrogens with zero attached hydrogens (tertiary/aromatic N) is 2. The fraction of sp³-hybridized carbons (Fsp3) is 0.276. The van der Waals surface area contributed by atoms with E-state index in [-0.39, 0.29) is 19.0 Å². The summed E-state index contributed by atoms with van der Waals surface area (Å²) in [6.45, 7) is 2.65. The van der Waals surface area contributed by atoms with Crippen LogP contribution in [0.3, 0.4) is 0 Å². The lowest BCUT2D eigenvalue weighted by Gasteiger charge is -2.15. The molecule has 0 radical (unpaired) electrons. The van der Waals surface area contributed by atoms with Crippen LogP contribution in [0, 0.1) is 5.82 Å². The van der Waals surface area contributed by atoms with Crippen LogP contribution >= 0.6 is 11.3 Å². The van der Waals surface area contributed by atoms with E-state index in [0.717, 1.165) is 37.1 Å². The van der Waals surface area contributed by atoms with Gasteiger partial charge in [0.1, 0.15) is 11.9 Å². The third-order valence-electron chi connectivity index (χ3n) is 6.54. The molecule has 0 bridgehead atoms. The third-order valence-corrected chi connectivity index (χ3v) is 7.42. The predicted octanol–water partition coefficient (Wildman–Crippen LogP) is 5.77. The number of hydrogen-bond donors (Lipinski definition) is 1. The fourth-order valence-corrected chi connectivity index (χ4v) is 5.42. The Morgan fingerprint density at radius 2 is 2.03 bits per heavy atom. The van der Waals surface area contributed by atoms with Gasteiger partial charge in [-0.2, -0.15) is 0 Å². The van der Waals surface area contributed by atoms with E-state index in [0.29, 0.717) is 11.3 Å². The summed E-state index contributed by atoms with van der Waals surface area (Å²) >= 11 is 1.72. The second kappa shape index (κ2) is 11.1. The van der Waals surface area contributed by atoms with E-state index in [1.54, 1.807) is 23.5 Å². The topological polar surface area (TPSA) is 71.0 Å². The highest BCUT2D eigenvalue weighted by Crippen LogP contribution is 2.30. The van der Waals surface area contributed by atoms with Crippen molar-refractivity contribution in [2.75, 3.05) is 24.5 Å². The monoisotopic (exact) mass is 517 g/mol. The minimum Gasteiger partial charge on any atom is -0.442 e. The molecule has 0 saturated carbocycles. The van der Waals surface area contributed by atoms with Crippen molar-refractivity contribution in [2.24, 2.45) is 4.99 Å². The number of amides is 2. The lowest BCUT2D eigenvalue weighted by molar-refractivity contribution is -0.119. The maximum absolute atomic E-state index is 15.0. The van der Waals surface area contributed by atoms with E-state index < -0.39 is 18.0 Å². The van der Waals surface area contributed by atoms with Crippen molar-refractivity contribution in [1.29, 1.82) is 0 Å². The average Bonchev–Trinajstić information content (AvgIpc) is 3.64. The molecular formula is C29H28FN3O3S. The predicted molar refractivity (Wildman–Crippen MR) is 145 cm³/mol. The molecule has 5 rings (SSSR count). The SMILES string of the molecule is CC(=O)NC[C@H]1CN(c2ccc(-c3ccc(CCCC4=CCN=C4c4cccs4)cc3)c(F)c2)C(=O)O1. The first-order chi connectivity index (χ1) is 18.0. The molecule has 3 aromatic rings. The summed E-state index contributed by atoms with van der Waals surface area (Å²) in [6.07, 6.45) is 4.15. The van der Waals surface area contributed by atoms with Gasteiger partial charge in [-0.25, -0.2) is 9.18 Å². The minimum atomic E-state index is -0.547. The summed E-state index contributed by atoms with van der Waals surface area (Å²) in [5.74, 6) is -0.600. The van der Waals surface area contributed by atoms with Crippen molar-refractivity contribution in [3.63, 3.8) is 0 Å². The van der Waals surface area contributed by atoms with E-state index in [1.807, 2.05) is 24.3 Å². The Bertz CT molecular complexity index is 1350. The van der Waals surface area contributed by atoms with E-state index in [2.05, 4.69) is 33.9 Å². The van der Waals surface area contributed by atoms with Crippen LogP contribution in [0.1, 0.15) is 30.2 Å². The van der Waals surface area contributed by atoms with Gasteiger partial charge in [-0.3, -0.25) is 14.7 Å². The summed E-state index contributed by atoms with van der Waals surface area (Å²) in [6, 6.07) is 16.9. The van der Waals surface area contributed by atoms with Gasteiger partial charge in [0, 0.05) is 12.5 Å². The highest BCUT2D eigenvalue weighted by molar-refractivity contribution is 7.12. The number of allylic oxidation sites excluding steroid dienone is 1. The Morgan fingerprint density at radius 3 is 2.76 bits per heavy atom. The number of carbonyl (C=O) groups excluding carboxylic acids is 2. The maximum atomic E-state index is 15.0. The third kappa shape index (κ3) is 5.80. The van der Waals surface area contributed by atoms with E-state index in [9.17, 15) is 9.59 Å². The van der Waals surface area contributed by atoms with Gasteiger partial charge in [-0.15, -0.1) is 11.3 Å². The Balaban J connectivity index is 1.17. The molecule has 2 aliphatic rings. The second-order valence-electron chi connectivity index (χ2n) is 9.16. The number of aryl methyl sites for hydroxylation is 1. The van der Waals surface area contributed by atoms with Crippen LogP contribution in [0.25, 0.3) is 11.1 Å². The molecule has 0 unspecified atom stereocenters. The molecule has 3 heterocycles. The van der Waals surface area contributed by atoms with Gasteiger partial charge in [0.2, 0.25) is 5.91 Å². The number of benzene rings is 2. The van der Waals surface area contributed by atoms with Gasteiger partial charge in [0.25, 0.3) is 0 Å². The van der Waals surface area contributed by atoms with Gasteiger partial charge in [-0.05, 0) is 65.6 Å². The van der Waals surface area contributed by atoms with Crippen LogP contribution in [0.15, 0.2) is 76.6 Å². The van der Waals surface area contributed by atoms with Gasteiger partial charge in [0.05, 0.1) is 35.9 Å². The summed E-state index contributed by atoms with van der Waals surface area (Å²) in [5, 5.41) is 4.72. The van der Waals surface area contributed by atoms with Gasteiger partial charge in [-0.1, -0.05) is 36.4 Å². The maximum Gasteiger partial charge on any atom is 0.414 e. The number of hydrogen-bond acceptors (Lipinski definition) is 5. The summed E-state index contributed by atoms with van der Waals surface area (Å²) in [5.41, 5.74) is 5.36. The van der Waals surface area contributed by atoms with E-state index in [4.69, 9.17) is 4.74 Å². The first-order valence-electron chi connectivity index (χ1n) is 12.4. The summed E-state index contributed by atoms with van der Waals surface area (Å²) in [7, 11) is 0. The summed E-state index contributed by atoms with van der Waals surface area (Å²) < 4.78 is 20.3. The fourth-order valence-electron chi connectivity index (χ4n) is 4.65. The molecule has 2 aliphatic heterocycles. The molecule has 37 heavy (non-hydrogen) atoms. The van der Waals surface area contributed by atoms with Crippen molar-refractivity contribution in [3.8, 4) is 11.1 Å². The van der Waals surface area contributed by atoms with Crippen LogP contribution in [-0.4, -0.2) is 43.5 Å². The van der Waals surface area contributed by atoms with Crippen molar-refractivity contribution >= 4 is 34.7 Å². The zero-order valence-corrected chi connectivity index (χ0v) is 21.4. The zero-order valence-electron chi connectivity index (χ0n) is 20.6. The number of cyclic esters (lactones) is 1. The number of aliphatic imine (C=N–C) groups is 1. The molecule has 1 fully saturated rings. The molecule has 6 nitrogen and oxygen atoms in total. The minimum absolute atomic E-state index is 0.195. The van der Waals surface area contributed by atoms with Crippen LogP contribution in [-0.2, 0) is 16.0 Å². The van der Waals surface area contributed by atoms with Crippen molar-refractivity contribution in [3.05, 3.63) is 87.9 Å². The average molecular weight is 518 g/mol. The molecular weight excluding hydrogens is 489 g/mol. The Labute approximate surface area is 219 Å². The van der Waals surface area contributed by atoms with Gasteiger partial charge < -0.3 is 10.1 Å². The number of ether oxygens (including phenoxy) is 1. The van der Waals surface area contributed by atoms with Crippen LogP contribution in [0.5, 0.6) is 0 Å². The quantitative estimate of drug-likeness (QED) is 0.392. The molecule has 1 aromatic heterocycles. The molecule has 2 aromatic carbocycles. The normalized spacial score (nSPS) is 17.0. The van der Waals surface area contributed by atoms with E-state index >= 15 is 4.39 Å². The molecule has 1 N–H and O–H groups in total. The standard InChI is InChI=1S/C29H28FN3O3S/c1-19(34)32-17-24-18-33(29(35)36-24)23-11-12-25(26(30)16-23)21-9-7-20(8-10-21)4-2-5-22-13-14-31-28(22)27-6-3-15-37-27/h3,6-13,15-16,24H,2,4-5,14,17-18H2,1H3,(H,32,34)/t24-/m0/s1. The van der Waals surface area contributed by atoms with Crippen LogP contribution in [0.2, 0.25) is 0 Å². The number of halogens is 1. The second-order valence-corrected chi connectivity index (χ2v) is 10.1. The molecule has 190 valence electrons. The lowest BCUT2D eigenvalue weighted by atomic mass is 9.98. The largest absolute Gasteiger partial charge is 0.442 e. The molecule has 2 amide bonds. The molecule has 0 spiro atoms. The van der Waals surface area contributed by atoms with Gasteiger partial charge in [0.15, 0.2) is 0 Å². The number of carbonyl (C=O) groups is 2. The number of nitrogens with one attached hydrogen (secondary N) is 1. The van der Waals surface area contributed by atoms with Gasteiger partial charge >= 0.3 is 6.09 Å². The Kier molecular flexibility index (Phi) is 7.46.